The van der Waals surface area contributed by atoms with E-state index in [4.69, 9.17) is 5.73 Å². The van der Waals surface area contributed by atoms with Crippen LogP contribution in [0.1, 0.15) is 5.56 Å². The summed E-state index contributed by atoms with van der Waals surface area (Å²) in [4.78, 5) is 0. The van der Waals surface area contributed by atoms with Crippen molar-refractivity contribution in [2.75, 3.05) is 11.3 Å². The van der Waals surface area contributed by atoms with E-state index in [1.54, 1.807) is 11.4 Å². The fourth-order valence-corrected chi connectivity index (χ4v) is 3.54. The van der Waals surface area contributed by atoms with Crippen molar-refractivity contribution < 1.29 is 12.8 Å². The number of halogens is 1. The van der Waals surface area contributed by atoms with E-state index < -0.39 is 15.8 Å². The Balaban J connectivity index is 2.39. The number of anilines is 1. The van der Waals surface area contributed by atoms with Crippen LogP contribution in [-0.4, -0.2) is 15.0 Å². The monoisotopic (exact) mass is 310 g/mol. The molecule has 1 aromatic carbocycles. The molecule has 104 valence electrons. The predicted molar refractivity (Wildman–Crippen MR) is 77.5 cm³/mol. The summed E-state index contributed by atoms with van der Waals surface area (Å²) >= 11 is 1.10. The SMILES string of the molecule is NCC#Cc1cc(F)ccc1NS(=O)(=O)c1cccs1. The largest absolute Gasteiger partial charge is 0.320 e. The Morgan fingerprint density at radius 3 is 2.80 bits per heavy atom. The quantitative estimate of drug-likeness (QED) is 0.852. The van der Waals surface area contributed by atoms with E-state index in [2.05, 4.69) is 16.6 Å². The van der Waals surface area contributed by atoms with Crippen LogP contribution in [0.3, 0.4) is 0 Å². The second kappa shape index (κ2) is 6.05. The van der Waals surface area contributed by atoms with Crippen molar-refractivity contribution in [3.63, 3.8) is 0 Å². The van der Waals surface area contributed by atoms with E-state index in [0.29, 0.717) is 0 Å². The fourth-order valence-electron chi connectivity index (χ4n) is 1.47. The number of hydrogen-bond acceptors (Lipinski definition) is 4. The number of nitrogens with one attached hydrogen (secondary N) is 1. The van der Waals surface area contributed by atoms with Crippen LogP contribution in [0.25, 0.3) is 0 Å². The first-order chi connectivity index (χ1) is 9.53. The average molecular weight is 310 g/mol. The molecule has 0 bridgehead atoms. The van der Waals surface area contributed by atoms with Crippen molar-refractivity contribution >= 4 is 27.0 Å². The molecule has 0 radical (unpaired) electrons. The maximum atomic E-state index is 13.2. The van der Waals surface area contributed by atoms with Gasteiger partial charge in [0, 0.05) is 0 Å². The second-order valence-electron chi connectivity index (χ2n) is 3.73. The van der Waals surface area contributed by atoms with E-state index in [1.807, 2.05) is 0 Å². The molecule has 3 N–H and O–H groups in total. The number of sulfonamides is 1. The smallest absolute Gasteiger partial charge is 0.271 e. The van der Waals surface area contributed by atoms with Crippen LogP contribution in [0.15, 0.2) is 39.9 Å². The molecule has 0 aliphatic heterocycles. The van der Waals surface area contributed by atoms with Crippen LogP contribution in [0.5, 0.6) is 0 Å². The van der Waals surface area contributed by atoms with Crippen molar-refractivity contribution in [3.05, 3.63) is 47.1 Å². The highest BCUT2D eigenvalue weighted by Crippen LogP contribution is 2.23. The van der Waals surface area contributed by atoms with Gasteiger partial charge in [-0.15, -0.1) is 11.3 Å². The van der Waals surface area contributed by atoms with Crippen molar-refractivity contribution in [1.82, 2.24) is 0 Å². The lowest BCUT2D eigenvalue weighted by Gasteiger charge is -2.08. The van der Waals surface area contributed by atoms with E-state index in [0.717, 1.165) is 17.4 Å². The minimum Gasteiger partial charge on any atom is -0.320 e. The van der Waals surface area contributed by atoms with Gasteiger partial charge in [0.25, 0.3) is 10.0 Å². The molecule has 0 aliphatic rings. The van der Waals surface area contributed by atoms with E-state index in [1.165, 1.54) is 18.2 Å². The summed E-state index contributed by atoms with van der Waals surface area (Å²) in [5.74, 6) is 4.72. The summed E-state index contributed by atoms with van der Waals surface area (Å²) in [5.41, 5.74) is 5.73. The Labute approximate surface area is 120 Å². The van der Waals surface area contributed by atoms with E-state index in [9.17, 15) is 12.8 Å². The summed E-state index contributed by atoms with van der Waals surface area (Å²) in [5, 5.41) is 1.66. The van der Waals surface area contributed by atoms with Crippen LogP contribution in [0, 0.1) is 17.7 Å². The summed E-state index contributed by atoms with van der Waals surface area (Å²) in [6.07, 6.45) is 0. The van der Waals surface area contributed by atoms with Gasteiger partial charge in [-0.2, -0.15) is 0 Å². The summed E-state index contributed by atoms with van der Waals surface area (Å²) in [6.45, 7) is 0.105. The molecule has 0 saturated heterocycles. The van der Waals surface area contributed by atoms with Crippen LogP contribution in [0.4, 0.5) is 10.1 Å². The van der Waals surface area contributed by atoms with Gasteiger partial charge in [-0.05, 0) is 29.6 Å². The Hall–Kier alpha value is -1.88. The summed E-state index contributed by atoms with van der Waals surface area (Å²) < 4.78 is 40.0. The zero-order valence-corrected chi connectivity index (χ0v) is 11.9. The third-order valence-electron chi connectivity index (χ3n) is 2.31. The van der Waals surface area contributed by atoms with Gasteiger partial charge >= 0.3 is 0 Å². The number of nitrogens with two attached hydrogens (primary N) is 1. The first kappa shape index (κ1) is 14.5. The fraction of sp³-hybridized carbons (Fsp3) is 0.0769. The van der Waals surface area contributed by atoms with Gasteiger partial charge in [0.1, 0.15) is 10.0 Å². The van der Waals surface area contributed by atoms with Crippen molar-refractivity contribution in [1.29, 1.82) is 0 Å². The maximum absolute atomic E-state index is 13.2. The highest BCUT2D eigenvalue weighted by atomic mass is 32.2. The van der Waals surface area contributed by atoms with Gasteiger partial charge in [-0.3, -0.25) is 4.72 Å². The number of thiophene rings is 1. The van der Waals surface area contributed by atoms with Gasteiger partial charge < -0.3 is 5.73 Å². The summed E-state index contributed by atoms with van der Waals surface area (Å²) in [7, 11) is -3.68. The van der Waals surface area contributed by atoms with Gasteiger partial charge in [0.05, 0.1) is 17.8 Å². The number of benzene rings is 1. The molecule has 20 heavy (non-hydrogen) atoms. The minimum atomic E-state index is -3.68. The molecule has 0 saturated carbocycles. The molecule has 1 aromatic heterocycles. The van der Waals surface area contributed by atoms with Crippen molar-refractivity contribution in [2.45, 2.75) is 4.21 Å². The van der Waals surface area contributed by atoms with Crippen LogP contribution < -0.4 is 10.5 Å². The first-order valence-corrected chi connectivity index (χ1v) is 7.94. The molecule has 0 aliphatic carbocycles. The standard InChI is InChI=1S/C13H11FN2O2S2/c14-11-5-6-12(10(9-11)3-1-7-15)16-20(17,18)13-4-2-8-19-13/h2,4-6,8-9,16H,7,15H2. The van der Waals surface area contributed by atoms with E-state index >= 15 is 0 Å². The van der Waals surface area contributed by atoms with Crippen molar-refractivity contribution in [2.24, 2.45) is 5.73 Å². The first-order valence-electron chi connectivity index (χ1n) is 5.58. The lowest BCUT2D eigenvalue weighted by molar-refractivity contribution is 0.603. The lowest BCUT2D eigenvalue weighted by Crippen LogP contribution is -2.12. The van der Waals surface area contributed by atoms with Gasteiger partial charge in [-0.1, -0.05) is 17.9 Å². The summed E-state index contributed by atoms with van der Waals surface area (Å²) in [6, 6.07) is 6.79. The lowest BCUT2D eigenvalue weighted by atomic mass is 10.2. The molecule has 0 atom stereocenters. The maximum Gasteiger partial charge on any atom is 0.271 e. The molecule has 4 nitrogen and oxygen atoms in total. The molecule has 2 rings (SSSR count). The third kappa shape index (κ3) is 3.36. The molecule has 0 unspecified atom stereocenters. The number of rotatable bonds is 3. The predicted octanol–water partition coefficient (Wildman–Crippen LogP) is 2.00. The van der Waals surface area contributed by atoms with Crippen LogP contribution in [0.2, 0.25) is 0 Å². The van der Waals surface area contributed by atoms with Crippen molar-refractivity contribution in [3.8, 4) is 11.8 Å². The van der Waals surface area contributed by atoms with Gasteiger partial charge in [0.15, 0.2) is 0 Å². The molecule has 0 amide bonds. The molecule has 0 spiro atoms. The molecule has 2 aromatic rings. The van der Waals surface area contributed by atoms with Crippen LogP contribution in [-0.2, 0) is 10.0 Å². The molecular weight excluding hydrogens is 299 g/mol. The zero-order valence-electron chi connectivity index (χ0n) is 10.3. The Morgan fingerprint density at radius 1 is 1.35 bits per heavy atom. The molecular formula is C13H11FN2O2S2. The zero-order chi connectivity index (χ0) is 14.6. The topological polar surface area (TPSA) is 72.2 Å². The van der Waals surface area contributed by atoms with Crippen LogP contribution >= 0.6 is 11.3 Å². The highest BCUT2D eigenvalue weighted by Gasteiger charge is 2.16. The number of hydrogen-bond donors (Lipinski definition) is 2. The molecule has 0 fully saturated rings. The second-order valence-corrected chi connectivity index (χ2v) is 6.59. The highest BCUT2D eigenvalue weighted by molar-refractivity contribution is 7.94. The van der Waals surface area contributed by atoms with E-state index in [-0.39, 0.29) is 22.0 Å². The Bertz CT molecular complexity index is 759. The Kier molecular flexibility index (Phi) is 4.39. The van der Waals surface area contributed by atoms with Gasteiger partial charge in [-0.25, -0.2) is 12.8 Å². The molecule has 1 heterocycles. The normalized spacial score (nSPS) is 10.7. The van der Waals surface area contributed by atoms with Gasteiger partial charge in [0.2, 0.25) is 0 Å². The average Bonchev–Trinajstić information content (AvgIpc) is 2.93. The Morgan fingerprint density at radius 2 is 2.15 bits per heavy atom. The minimum absolute atomic E-state index is 0.105. The third-order valence-corrected chi connectivity index (χ3v) is 5.07. The molecule has 7 heteroatoms.